The lowest BCUT2D eigenvalue weighted by molar-refractivity contribution is -0.142. The number of amides is 2. The van der Waals surface area contributed by atoms with Crippen LogP contribution in [-0.4, -0.2) is 26.5 Å². The topological polar surface area (TPSA) is 37.4 Å². The van der Waals surface area contributed by atoms with E-state index in [-0.39, 0.29) is 11.8 Å². The van der Waals surface area contributed by atoms with Gasteiger partial charge < -0.3 is 0 Å². The molecule has 0 aliphatic carbocycles. The number of alkyl halides is 2. The summed E-state index contributed by atoms with van der Waals surface area (Å²) >= 11 is 6.58. The molecule has 3 nitrogen and oxygen atoms in total. The Hall–Kier alpha value is 0.1000. The summed E-state index contributed by atoms with van der Waals surface area (Å²) < 4.78 is -0.734. The summed E-state index contributed by atoms with van der Waals surface area (Å²) in [4.78, 5) is 24.1. The monoisotopic (exact) mass is 311 g/mol. The Kier molecular flexibility index (Phi) is 3.51. The normalized spacial score (nSPS) is 22.7. The minimum Gasteiger partial charge on any atom is -0.281 e. The van der Waals surface area contributed by atoms with Crippen LogP contribution in [0.2, 0.25) is 0 Å². The molecule has 74 valence electrons. The first-order valence-corrected chi connectivity index (χ1v) is 5.74. The van der Waals surface area contributed by atoms with E-state index in [2.05, 4.69) is 31.9 Å². The molecule has 0 bridgehead atoms. The van der Waals surface area contributed by atoms with Crippen molar-refractivity contribution in [2.75, 3.05) is 6.54 Å². The van der Waals surface area contributed by atoms with Crippen LogP contribution >= 0.6 is 31.9 Å². The molecular formula is C8H11Br2NO2. The van der Waals surface area contributed by atoms with E-state index in [1.165, 1.54) is 11.8 Å². The summed E-state index contributed by atoms with van der Waals surface area (Å²) in [7, 11) is 0. The van der Waals surface area contributed by atoms with Gasteiger partial charge in [0.2, 0.25) is 5.91 Å². The van der Waals surface area contributed by atoms with Crippen LogP contribution in [0.4, 0.5) is 0 Å². The lowest BCUT2D eigenvalue weighted by Crippen LogP contribution is -2.42. The molecule has 2 amide bonds. The van der Waals surface area contributed by atoms with Crippen LogP contribution in [0.1, 0.15) is 26.2 Å². The first kappa shape index (κ1) is 11.2. The number of carbonyl (C=O) groups is 2. The van der Waals surface area contributed by atoms with E-state index in [4.69, 9.17) is 0 Å². The van der Waals surface area contributed by atoms with E-state index < -0.39 is 3.23 Å². The van der Waals surface area contributed by atoms with Crippen LogP contribution in [0.15, 0.2) is 0 Å². The molecule has 1 aliphatic rings. The van der Waals surface area contributed by atoms with Gasteiger partial charge in [0.05, 0.1) is 0 Å². The van der Waals surface area contributed by atoms with Gasteiger partial charge in [0.1, 0.15) is 0 Å². The molecule has 5 heteroatoms. The minimum absolute atomic E-state index is 0.183. The molecule has 1 rings (SSSR count). The van der Waals surface area contributed by atoms with Gasteiger partial charge in [-0.1, -0.05) is 31.9 Å². The summed E-state index contributed by atoms with van der Waals surface area (Å²) in [6, 6.07) is 0. The minimum atomic E-state index is -0.734. The Bertz CT molecular complexity index is 240. The zero-order chi connectivity index (χ0) is 10.1. The predicted molar refractivity (Wildman–Crippen MR) is 56.8 cm³/mol. The molecule has 1 saturated heterocycles. The fourth-order valence-electron chi connectivity index (χ4n) is 1.32. The second-order valence-electron chi connectivity index (χ2n) is 3.14. The van der Waals surface area contributed by atoms with E-state index in [0.717, 1.165) is 19.3 Å². The van der Waals surface area contributed by atoms with Crippen molar-refractivity contribution in [2.24, 2.45) is 0 Å². The highest BCUT2D eigenvalue weighted by Gasteiger charge is 2.39. The Morgan fingerprint density at radius 2 is 2.08 bits per heavy atom. The average molecular weight is 313 g/mol. The maximum Gasteiger partial charge on any atom is 0.256 e. The molecule has 1 fully saturated rings. The van der Waals surface area contributed by atoms with Crippen LogP contribution in [0.3, 0.4) is 0 Å². The number of hydrogen-bond acceptors (Lipinski definition) is 2. The smallest absolute Gasteiger partial charge is 0.256 e. The van der Waals surface area contributed by atoms with E-state index in [0.29, 0.717) is 6.54 Å². The SMILES string of the molecule is CC(=O)N1CCCCC(Br)(Br)C1=O. The third kappa shape index (κ3) is 2.53. The average Bonchev–Trinajstić information content (AvgIpc) is 2.13. The summed E-state index contributed by atoms with van der Waals surface area (Å²) in [5.41, 5.74) is 0. The van der Waals surface area contributed by atoms with Crippen LogP contribution in [0, 0.1) is 0 Å². The van der Waals surface area contributed by atoms with Gasteiger partial charge in [-0.3, -0.25) is 14.5 Å². The maximum atomic E-state index is 11.7. The van der Waals surface area contributed by atoms with Gasteiger partial charge in [-0.25, -0.2) is 0 Å². The van der Waals surface area contributed by atoms with Gasteiger partial charge in [-0.2, -0.15) is 0 Å². The zero-order valence-electron chi connectivity index (χ0n) is 7.35. The van der Waals surface area contributed by atoms with Crippen LogP contribution in [0.25, 0.3) is 0 Å². The van der Waals surface area contributed by atoms with Crippen molar-refractivity contribution < 1.29 is 9.59 Å². The molecule has 1 aliphatic heterocycles. The Balaban J connectivity index is 2.86. The maximum absolute atomic E-state index is 11.7. The third-order valence-electron chi connectivity index (χ3n) is 2.06. The van der Waals surface area contributed by atoms with Crippen LogP contribution in [0.5, 0.6) is 0 Å². The highest BCUT2D eigenvalue weighted by Crippen LogP contribution is 2.36. The molecule has 0 aromatic rings. The van der Waals surface area contributed by atoms with Crippen molar-refractivity contribution in [3.05, 3.63) is 0 Å². The molecule has 0 aromatic carbocycles. The standard InChI is InChI=1S/C8H11Br2NO2/c1-6(12)11-5-3-2-4-8(9,10)7(11)13/h2-5H2,1H3. The second kappa shape index (κ2) is 4.09. The zero-order valence-corrected chi connectivity index (χ0v) is 10.5. The summed E-state index contributed by atoms with van der Waals surface area (Å²) in [6.45, 7) is 1.95. The lowest BCUT2D eigenvalue weighted by atomic mass is 10.2. The van der Waals surface area contributed by atoms with Gasteiger partial charge in [0.25, 0.3) is 5.91 Å². The molecule has 13 heavy (non-hydrogen) atoms. The molecule has 0 aromatic heterocycles. The van der Waals surface area contributed by atoms with Crippen molar-refractivity contribution in [3.8, 4) is 0 Å². The number of carbonyl (C=O) groups excluding carboxylic acids is 2. The Labute approximate surface area is 94.1 Å². The van der Waals surface area contributed by atoms with Gasteiger partial charge in [-0.05, 0) is 19.3 Å². The highest BCUT2D eigenvalue weighted by atomic mass is 79.9. The molecule has 0 radical (unpaired) electrons. The second-order valence-corrected chi connectivity index (χ2v) is 6.91. The molecule has 0 spiro atoms. The Morgan fingerprint density at radius 1 is 1.46 bits per heavy atom. The predicted octanol–water partition coefficient (Wildman–Crippen LogP) is 2.03. The van der Waals surface area contributed by atoms with E-state index in [9.17, 15) is 9.59 Å². The van der Waals surface area contributed by atoms with Gasteiger partial charge in [-0.15, -0.1) is 0 Å². The summed E-state index contributed by atoms with van der Waals surface area (Å²) in [5, 5.41) is 0. The Morgan fingerprint density at radius 3 is 2.62 bits per heavy atom. The molecule has 1 heterocycles. The van der Waals surface area contributed by atoms with E-state index in [1.807, 2.05) is 0 Å². The van der Waals surface area contributed by atoms with Gasteiger partial charge in [0.15, 0.2) is 3.23 Å². The first-order chi connectivity index (χ1) is 5.95. The van der Waals surface area contributed by atoms with E-state index in [1.54, 1.807) is 0 Å². The molecule has 0 N–H and O–H groups in total. The number of nitrogens with zero attached hydrogens (tertiary/aromatic N) is 1. The largest absolute Gasteiger partial charge is 0.281 e. The fraction of sp³-hybridized carbons (Fsp3) is 0.750. The lowest BCUT2D eigenvalue weighted by Gasteiger charge is -2.23. The molecule has 0 saturated carbocycles. The molecule has 0 unspecified atom stereocenters. The number of rotatable bonds is 0. The van der Waals surface area contributed by atoms with Crippen molar-refractivity contribution >= 4 is 43.7 Å². The van der Waals surface area contributed by atoms with Crippen molar-refractivity contribution in [1.29, 1.82) is 0 Å². The van der Waals surface area contributed by atoms with E-state index >= 15 is 0 Å². The number of likely N-dealkylation sites (tertiary alicyclic amines) is 1. The van der Waals surface area contributed by atoms with Crippen LogP contribution < -0.4 is 0 Å². The quantitative estimate of drug-likeness (QED) is 0.642. The van der Waals surface area contributed by atoms with Crippen molar-refractivity contribution in [2.45, 2.75) is 29.4 Å². The summed E-state index contributed by atoms with van der Waals surface area (Å²) in [6.07, 6.45) is 2.53. The third-order valence-corrected chi connectivity index (χ3v) is 3.53. The number of halogens is 2. The highest BCUT2D eigenvalue weighted by molar-refractivity contribution is 9.25. The fourth-order valence-corrected chi connectivity index (χ4v) is 2.31. The van der Waals surface area contributed by atoms with Gasteiger partial charge in [0, 0.05) is 13.5 Å². The van der Waals surface area contributed by atoms with Gasteiger partial charge >= 0.3 is 0 Å². The molecular weight excluding hydrogens is 302 g/mol. The number of imide groups is 1. The first-order valence-electron chi connectivity index (χ1n) is 4.15. The van der Waals surface area contributed by atoms with Crippen molar-refractivity contribution in [3.63, 3.8) is 0 Å². The van der Waals surface area contributed by atoms with Crippen molar-refractivity contribution in [1.82, 2.24) is 4.90 Å². The number of hydrogen-bond donors (Lipinski definition) is 0. The molecule has 0 atom stereocenters. The van der Waals surface area contributed by atoms with Crippen LogP contribution in [-0.2, 0) is 9.59 Å². The summed E-state index contributed by atoms with van der Waals surface area (Å²) in [5.74, 6) is -0.368.